The van der Waals surface area contributed by atoms with E-state index in [0.29, 0.717) is 12.0 Å². The van der Waals surface area contributed by atoms with Crippen molar-refractivity contribution >= 4 is 0 Å². The first-order valence-corrected chi connectivity index (χ1v) is 6.92. The molecule has 1 atom stereocenters. The van der Waals surface area contributed by atoms with Gasteiger partial charge in [-0.25, -0.2) is 4.39 Å². The minimum Gasteiger partial charge on any atom is -0.271 e. The molecule has 0 amide bonds. The Morgan fingerprint density at radius 2 is 2.00 bits per heavy atom. The summed E-state index contributed by atoms with van der Waals surface area (Å²) in [5.41, 5.74) is 2.81. The van der Waals surface area contributed by atoms with Gasteiger partial charge in [0.05, 0.1) is 5.56 Å². The Balaban J connectivity index is 2.24. The number of rotatable bonds is 4. The maximum Gasteiger partial charge on any atom is 0.419 e. The maximum atomic E-state index is 13.3. The van der Waals surface area contributed by atoms with Crippen LogP contribution in [0.4, 0.5) is 17.6 Å². The number of nitrogens with two attached hydrogens (primary N) is 1. The van der Waals surface area contributed by atoms with Gasteiger partial charge in [0.2, 0.25) is 0 Å². The second-order valence-corrected chi connectivity index (χ2v) is 5.27. The molecule has 0 spiro atoms. The number of allylic oxidation sites excluding steroid dienone is 1. The van der Waals surface area contributed by atoms with Gasteiger partial charge in [-0.15, -0.1) is 0 Å². The monoisotopic (exact) mass is 302 g/mol. The SMILES string of the molecule is NNC(CC1=CCCCC1)c1ccc(F)c(C(F)(F)F)c1. The summed E-state index contributed by atoms with van der Waals surface area (Å²) in [6.07, 6.45) is 2.10. The highest BCUT2D eigenvalue weighted by Gasteiger charge is 2.34. The molecule has 21 heavy (non-hydrogen) atoms. The van der Waals surface area contributed by atoms with Crippen molar-refractivity contribution in [2.45, 2.75) is 44.3 Å². The summed E-state index contributed by atoms with van der Waals surface area (Å²) >= 11 is 0. The van der Waals surface area contributed by atoms with Crippen LogP contribution in [0.25, 0.3) is 0 Å². The number of hydrogen-bond donors (Lipinski definition) is 2. The van der Waals surface area contributed by atoms with Crippen LogP contribution in [0.2, 0.25) is 0 Å². The van der Waals surface area contributed by atoms with E-state index in [9.17, 15) is 17.6 Å². The molecule has 0 bridgehead atoms. The fraction of sp³-hybridized carbons (Fsp3) is 0.467. The Bertz CT molecular complexity index is 523. The summed E-state index contributed by atoms with van der Waals surface area (Å²) in [6.45, 7) is 0. The fourth-order valence-electron chi connectivity index (χ4n) is 2.60. The van der Waals surface area contributed by atoms with Crippen molar-refractivity contribution in [3.05, 3.63) is 46.8 Å². The fourth-order valence-corrected chi connectivity index (χ4v) is 2.60. The number of halogens is 4. The first kappa shape index (κ1) is 16.0. The van der Waals surface area contributed by atoms with E-state index in [-0.39, 0.29) is 0 Å². The molecule has 1 unspecified atom stereocenters. The van der Waals surface area contributed by atoms with Crippen LogP contribution < -0.4 is 11.3 Å². The largest absolute Gasteiger partial charge is 0.419 e. The van der Waals surface area contributed by atoms with E-state index in [1.807, 2.05) is 0 Å². The average molecular weight is 302 g/mol. The zero-order valence-electron chi connectivity index (χ0n) is 11.5. The predicted molar refractivity (Wildman–Crippen MR) is 72.6 cm³/mol. The molecule has 0 heterocycles. The van der Waals surface area contributed by atoms with Crippen LogP contribution in [0.1, 0.15) is 49.3 Å². The van der Waals surface area contributed by atoms with Crippen LogP contribution in [0.15, 0.2) is 29.8 Å². The minimum absolute atomic E-state index is 0.345. The van der Waals surface area contributed by atoms with E-state index >= 15 is 0 Å². The number of benzene rings is 1. The molecule has 1 aliphatic rings. The van der Waals surface area contributed by atoms with Gasteiger partial charge in [-0.3, -0.25) is 11.3 Å². The lowest BCUT2D eigenvalue weighted by atomic mass is 9.91. The van der Waals surface area contributed by atoms with Gasteiger partial charge >= 0.3 is 6.18 Å². The van der Waals surface area contributed by atoms with Crippen molar-refractivity contribution < 1.29 is 17.6 Å². The highest BCUT2D eigenvalue weighted by Crippen LogP contribution is 2.34. The zero-order chi connectivity index (χ0) is 15.5. The summed E-state index contributed by atoms with van der Waals surface area (Å²) in [5.74, 6) is 4.20. The number of nitrogens with one attached hydrogen (secondary N) is 1. The summed E-state index contributed by atoms with van der Waals surface area (Å²) in [5, 5.41) is 0. The second-order valence-electron chi connectivity index (χ2n) is 5.27. The standard InChI is InChI=1S/C15H18F4N2/c16-13-7-6-11(9-12(13)15(17,18)19)14(21-20)8-10-4-2-1-3-5-10/h4,6-7,9,14,21H,1-3,5,8,20H2. The van der Waals surface area contributed by atoms with Gasteiger partial charge in [0.15, 0.2) is 0 Å². The number of hydrazine groups is 1. The van der Waals surface area contributed by atoms with Gasteiger partial charge < -0.3 is 0 Å². The van der Waals surface area contributed by atoms with Crippen LogP contribution in [0, 0.1) is 5.82 Å². The van der Waals surface area contributed by atoms with Crippen LogP contribution in [-0.2, 0) is 6.18 Å². The maximum absolute atomic E-state index is 13.3. The quantitative estimate of drug-likeness (QED) is 0.378. The van der Waals surface area contributed by atoms with E-state index in [0.717, 1.165) is 37.8 Å². The third-order valence-corrected chi connectivity index (χ3v) is 3.75. The van der Waals surface area contributed by atoms with Crippen LogP contribution in [0.3, 0.4) is 0 Å². The smallest absolute Gasteiger partial charge is 0.271 e. The summed E-state index contributed by atoms with van der Waals surface area (Å²) in [6, 6.07) is 2.58. The Labute approximate surface area is 121 Å². The molecule has 0 saturated heterocycles. The van der Waals surface area contributed by atoms with E-state index in [4.69, 9.17) is 5.84 Å². The van der Waals surface area contributed by atoms with E-state index in [2.05, 4.69) is 11.5 Å². The Kier molecular flexibility index (Phi) is 5.00. The highest BCUT2D eigenvalue weighted by atomic mass is 19.4. The molecule has 0 aliphatic heterocycles. The van der Waals surface area contributed by atoms with Crippen molar-refractivity contribution in [1.29, 1.82) is 0 Å². The summed E-state index contributed by atoms with van der Waals surface area (Å²) in [4.78, 5) is 0. The number of alkyl halides is 3. The molecule has 0 aromatic heterocycles. The van der Waals surface area contributed by atoms with E-state index in [1.54, 1.807) is 0 Å². The molecule has 2 rings (SSSR count). The van der Waals surface area contributed by atoms with Gasteiger partial charge in [-0.05, 0) is 49.8 Å². The first-order valence-electron chi connectivity index (χ1n) is 6.92. The Hall–Kier alpha value is -1.40. The lowest BCUT2D eigenvalue weighted by Gasteiger charge is -2.21. The van der Waals surface area contributed by atoms with Gasteiger partial charge in [0, 0.05) is 6.04 Å². The molecule has 6 heteroatoms. The number of hydrogen-bond acceptors (Lipinski definition) is 2. The molecule has 2 nitrogen and oxygen atoms in total. The van der Waals surface area contributed by atoms with Crippen molar-refractivity contribution in [3.8, 4) is 0 Å². The van der Waals surface area contributed by atoms with Crippen LogP contribution in [-0.4, -0.2) is 0 Å². The molecular weight excluding hydrogens is 284 g/mol. The Morgan fingerprint density at radius 1 is 1.24 bits per heavy atom. The van der Waals surface area contributed by atoms with Crippen LogP contribution in [0.5, 0.6) is 0 Å². The normalized spacial score (nSPS) is 17.5. The third-order valence-electron chi connectivity index (χ3n) is 3.75. The topological polar surface area (TPSA) is 38.0 Å². The van der Waals surface area contributed by atoms with E-state index < -0.39 is 23.6 Å². The average Bonchev–Trinajstić information content (AvgIpc) is 2.45. The molecule has 116 valence electrons. The molecule has 3 N–H and O–H groups in total. The van der Waals surface area contributed by atoms with E-state index in [1.165, 1.54) is 11.6 Å². The predicted octanol–water partition coefficient (Wildman–Crippen LogP) is 4.24. The van der Waals surface area contributed by atoms with Gasteiger partial charge in [-0.2, -0.15) is 13.2 Å². The van der Waals surface area contributed by atoms with Gasteiger partial charge in [0.1, 0.15) is 5.82 Å². The summed E-state index contributed by atoms with van der Waals surface area (Å²) < 4.78 is 51.6. The zero-order valence-corrected chi connectivity index (χ0v) is 11.5. The molecule has 1 aromatic carbocycles. The molecule has 1 aromatic rings. The molecule has 1 aliphatic carbocycles. The van der Waals surface area contributed by atoms with Crippen LogP contribution >= 0.6 is 0 Å². The molecular formula is C15H18F4N2. The first-order chi connectivity index (χ1) is 9.91. The van der Waals surface area contributed by atoms with Gasteiger partial charge in [0.25, 0.3) is 0 Å². The molecule has 0 saturated carbocycles. The van der Waals surface area contributed by atoms with Crippen molar-refractivity contribution in [2.24, 2.45) is 5.84 Å². The molecule has 0 fully saturated rings. The lowest BCUT2D eigenvalue weighted by molar-refractivity contribution is -0.140. The van der Waals surface area contributed by atoms with Crippen molar-refractivity contribution in [2.75, 3.05) is 0 Å². The Morgan fingerprint density at radius 3 is 2.57 bits per heavy atom. The minimum atomic E-state index is -4.71. The second kappa shape index (κ2) is 6.58. The highest BCUT2D eigenvalue weighted by molar-refractivity contribution is 5.30. The third kappa shape index (κ3) is 4.04. The summed E-state index contributed by atoms with van der Waals surface area (Å²) in [7, 11) is 0. The lowest BCUT2D eigenvalue weighted by Crippen LogP contribution is -2.29. The molecule has 0 radical (unpaired) electrons. The van der Waals surface area contributed by atoms with Gasteiger partial charge in [-0.1, -0.05) is 17.7 Å². The van der Waals surface area contributed by atoms with Crippen molar-refractivity contribution in [3.63, 3.8) is 0 Å². The van der Waals surface area contributed by atoms with Crippen molar-refractivity contribution in [1.82, 2.24) is 5.43 Å².